The molecule has 3 rings (SSSR count). The molecule has 0 radical (unpaired) electrons. The third kappa shape index (κ3) is 3.04. The van der Waals surface area contributed by atoms with Gasteiger partial charge in [0.25, 0.3) is 5.91 Å². The van der Waals surface area contributed by atoms with Crippen LogP contribution in [0.5, 0.6) is 5.75 Å². The van der Waals surface area contributed by atoms with Crippen LogP contribution in [0.3, 0.4) is 0 Å². The highest BCUT2D eigenvalue weighted by Crippen LogP contribution is 2.46. The first kappa shape index (κ1) is 15.5. The number of aromatic nitrogens is 2. The van der Waals surface area contributed by atoms with Gasteiger partial charge >= 0.3 is 0 Å². The van der Waals surface area contributed by atoms with Crippen LogP contribution in [0.1, 0.15) is 47.1 Å². The van der Waals surface area contributed by atoms with Gasteiger partial charge in [0, 0.05) is 0 Å². The number of aryl methyl sites for hydroxylation is 2. The molecule has 1 aliphatic rings. The molecule has 1 fully saturated rings. The van der Waals surface area contributed by atoms with Crippen molar-refractivity contribution >= 4 is 5.91 Å². The van der Waals surface area contributed by atoms with Gasteiger partial charge in [-0.3, -0.25) is 4.79 Å². The maximum atomic E-state index is 12.7. The van der Waals surface area contributed by atoms with Crippen molar-refractivity contribution in [2.24, 2.45) is 0 Å². The topological polar surface area (TPSA) is 64.1 Å². The number of carbonyl (C=O) groups is 1. The average molecular weight is 311 g/mol. The molecule has 23 heavy (non-hydrogen) atoms. The van der Waals surface area contributed by atoms with E-state index >= 15 is 0 Å². The molecule has 5 nitrogen and oxygen atoms in total. The Kier molecular flexibility index (Phi) is 4.03. The highest BCUT2D eigenvalue weighted by molar-refractivity contribution is 5.96. The summed E-state index contributed by atoms with van der Waals surface area (Å²) in [6.45, 7) is 3.81. The van der Waals surface area contributed by atoms with Crippen molar-refractivity contribution in [1.29, 1.82) is 0 Å². The van der Waals surface area contributed by atoms with Crippen LogP contribution in [0, 0.1) is 6.92 Å². The van der Waals surface area contributed by atoms with Gasteiger partial charge in [-0.1, -0.05) is 19.1 Å². The fourth-order valence-electron chi connectivity index (χ4n) is 2.70. The van der Waals surface area contributed by atoms with E-state index < -0.39 is 0 Å². The van der Waals surface area contributed by atoms with Crippen molar-refractivity contribution < 1.29 is 9.53 Å². The van der Waals surface area contributed by atoms with Crippen molar-refractivity contribution in [3.8, 4) is 5.75 Å². The molecule has 0 unspecified atom stereocenters. The van der Waals surface area contributed by atoms with Gasteiger partial charge in [-0.2, -0.15) is 10.2 Å². The molecule has 0 bridgehead atoms. The van der Waals surface area contributed by atoms with Crippen molar-refractivity contribution in [2.75, 3.05) is 7.11 Å². The predicted molar refractivity (Wildman–Crippen MR) is 87.5 cm³/mol. The highest BCUT2D eigenvalue weighted by Gasteiger charge is 2.45. The van der Waals surface area contributed by atoms with E-state index in [-0.39, 0.29) is 11.4 Å². The number of rotatable bonds is 5. The predicted octanol–water partition coefficient (Wildman–Crippen LogP) is 2.78. The van der Waals surface area contributed by atoms with Crippen LogP contribution in [-0.2, 0) is 12.0 Å². The van der Waals surface area contributed by atoms with Gasteiger partial charge in [0.05, 0.1) is 29.6 Å². The van der Waals surface area contributed by atoms with Crippen LogP contribution in [0.2, 0.25) is 0 Å². The molecular weight excluding hydrogens is 290 g/mol. The summed E-state index contributed by atoms with van der Waals surface area (Å²) >= 11 is 0. The summed E-state index contributed by atoms with van der Waals surface area (Å²) in [6.07, 6.45) is 2.66. The molecule has 1 aliphatic carbocycles. The van der Waals surface area contributed by atoms with E-state index in [1.54, 1.807) is 7.11 Å². The molecule has 1 N–H and O–H groups in total. The molecule has 0 atom stereocenters. The molecule has 1 aromatic carbocycles. The van der Waals surface area contributed by atoms with E-state index in [4.69, 9.17) is 4.74 Å². The monoisotopic (exact) mass is 311 g/mol. The fourth-order valence-corrected chi connectivity index (χ4v) is 2.70. The summed E-state index contributed by atoms with van der Waals surface area (Å²) in [5.41, 5.74) is 2.95. The third-order valence-corrected chi connectivity index (χ3v) is 4.38. The summed E-state index contributed by atoms with van der Waals surface area (Å²) in [5, 5.41) is 11.4. The van der Waals surface area contributed by atoms with Gasteiger partial charge in [0.2, 0.25) is 0 Å². The fraction of sp³-hybridized carbons (Fsp3) is 0.389. The van der Waals surface area contributed by atoms with E-state index in [0.717, 1.165) is 36.3 Å². The van der Waals surface area contributed by atoms with Crippen LogP contribution in [0.4, 0.5) is 0 Å². The van der Waals surface area contributed by atoms with Crippen molar-refractivity contribution in [3.63, 3.8) is 0 Å². The first-order chi connectivity index (χ1) is 11.1. The second-order valence-electron chi connectivity index (χ2n) is 5.95. The van der Waals surface area contributed by atoms with Crippen molar-refractivity contribution in [1.82, 2.24) is 15.5 Å². The Morgan fingerprint density at radius 2 is 1.96 bits per heavy atom. The summed E-state index contributed by atoms with van der Waals surface area (Å²) in [6, 6.07) is 9.72. The van der Waals surface area contributed by atoms with Crippen LogP contribution >= 0.6 is 0 Å². The number of carbonyl (C=O) groups excluding carboxylic acids is 1. The van der Waals surface area contributed by atoms with Gasteiger partial charge in [0.1, 0.15) is 5.75 Å². The number of nitrogens with one attached hydrogen (secondary N) is 1. The molecule has 1 saturated carbocycles. The minimum atomic E-state index is -0.258. The lowest BCUT2D eigenvalue weighted by molar-refractivity contribution is 0.0929. The molecule has 120 valence electrons. The summed E-state index contributed by atoms with van der Waals surface area (Å²) in [5.74, 6) is 0.734. The second kappa shape index (κ2) is 5.99. The van der Waals surface area contributed by atoms with E-state index in [1.165, 1.54) is 0 Å². The lowest BCUT2D eigenvalue weighted by atomic mass is 10.0. The molecule has 2 aromatic rings. The Balaban J connectivity index is 1.81. The van der Waals surface area contributed by atoms with Crippen LogP contribution in [0.15, 0.2) is 30.3 Å². The number of hydrogen-bond donors (Lipinski definition) is 1. The number of nitrogens with zero attached hydrogens (tertiary/aromatic N) is 2. The number of hydrogen-bond acceptors (Lipinski definition) is 4. The quantitative estimate of drug-likeness (QED) is 0.922. The average Bonchev–Trinajstić information content (AvgIpc) is 3.36. The second-order valence-corrected chi connectivity index (χ2v) is 5.95. The zero-order chi connectivity index (χ0) is 16.4. The van der Waals surface area contributed by atoms with Gasteiger partial charge in [-0.05, 0) is 49.9 Å². The molecule has 1 heterocycles. The van der Waals surface area contributed by atoms with Crippen LogP contribution in [-0.4, -0.2) is 23.2 Å². The Hall–Kier alpha value is -2.43. The van der Waals surface area contributed by atoms with E-state index in [0.29, 0.717) is 11.3 Å². The number of benzene rings is 1. The SMILES string of the molecule is CCc1cc(C(=O)NC2(c3ccc(OC)cc3)CC2)c(C)nn1. The molecular formula is C18H21N3O2. The molecule has 0 aliphatic heterocycles. The van der Waals surface area contributed by atoms with Crippen LogP contribution < -0.4 is 10.1 Å². The van der Waals surface area contributed by atoms with E-state index in [9.17, 15) is 4.79 Å². The smallest absolute Gasteiger partial charge is 0.253 e. The Bertz CT molecular complexity index is 722. The Morgan fingerprint density at radius 1 is 1.26 bits per heavy atom. The molecule has 1 amide bonds. The number of amides is 1. The molecule has 0 saturated heterocycles. The largest absolute Gasteiger partial charge is 0.497 e. The first-order valence-electron chi connectivity index (χ1n) is 7.88. The van der Waals surface area contributed by atoms with E-state index in [1.807, 2.05) is 44.2 Å². The maximum Gasteiger partial charge on any atom is 0.253 e. The third-order valence-electron chi connectivity index (χ3n) is 4.38. The lowest BCUT2D eigenvalue weighted by Crippen LogP contribution is -2.35. The van der Waals surface area contributed by atoms with Gasteiger partial charge in [-0.25, -0.2) is 0 Å². The minimum Gasteiger partial charge on any atom is -0.497 e. The zero-order valence-electron chi connectivity index (χ0n) is 13.7. The molecule has 0 spiro atoms. The summed E-state index contributed by atoms with van der Waals surface area (Å²) in [7, 11) is 1.65. The van der Waals surface area contributed by atoms with Crippen molar-refractivity contribution in [2.45, 2.75) is 38.6 Å². The molecule has 1 aromatic heterocycles. The van der Waals surface area contributed by atoms with E-state index in [2.05, 4.69) is 15.5 Å². The van der Waals surface area contributed by atoms with Crippen LogP contribution in [0.25, 0.3) is 0 Å². The Morgan fingerprint density at radius 3 is 2.52 bits per heavy atom. The maximum absolute atomic E-state index is 12.7. The number of methoxy groups -OCH3 is 1. The standard InChI is InChI=1S/C18H21N3O2/c1-4-14-11-16(12(2)20-21-14)17(22)19-18(9-10-18)13-5-7-15(23-3)8-6-13/h5-8,11H,4,9-10H2,1-3H3,(H,19,22). The zero-order valence-corrected chi connectivity index (χ0v) is 13.7. The van der Waals surface area contributed by atoms with Gasteiger partial charge < -0.3 is 10.1 Å². The normalized spacial score (nSPS) is 15.1. The lowest BCUT2D eigenvalue weighted by Gasteiger charge is -2.19. The highest BCUT2D eigenvalue weighted by atomic mass is 16.5. The van der Waals surface area contributed by atoms with Gasteiger partial charge in [-0.15, -0.1) is 0 Å². The van der Waals surface area contributed by atoms with Gasteiger partial charge in [0.15, 0.2) is 0 Å². The number of ether oxygens (including phenoxy) is 1. The first-order valence-corrected chi connectivity index (χ1v) is 7.88. The summed E-state index contributed by atoms with van der Waals surface area (Å²) < 4.78 is 5.19. The Labute approximate surface area is 136 Å². The minimum absolute atomic E-state index is 0.0829. The summed E-state index contributed by atoms with van der Waals surface area (Å²) in [4.78, 5) is 12.7. The molecule has 5 heteroatoms. The van der Waals surface area contributed by atoms with Crippen molar-refractivity contribution in [3.05, 3.63) is 52.8 Å².